The van der Waals surface area contributed by atoms with Gasteiger partial charge in [-0.05, 0) is 53.5 Å². The van der Waals surface area contributed by atoms with Crippen molar-refractivity contribution in [1.82, 2.24) is 5.32 Å². The summed E-state index contributed by atoms with van der Waals surface area (Å²) in [6, 6.07) is 1.77. The third-order valence-electron chi connectivity index (χ3n) is 4.47. The van der Waals surface area contributed by atoms with E-state index >= 15 is 0 Å². The fourth-order valence-corrected chi connectivity index (χ4v) is 4.34. The molecule has 5 heteroatoms. The molecule has 19 heavy (non-hydrogen) atoms. The standard InChI is InChI=1S/C14H17NO3S/c16-11(5-8-3-4-19-7-8)15-13-10-2-1-9(6-10)12(13)14(17)18/h3-4,7,9-10,12-13H,1-2,5-6H2,(H,15,16)(H,17,18). The van der Waals surface area contributed by atoms with Crippen molar-refractivity contribution < 1.29 is 14.7 Å². The van der Waals surface area contributed by atoms with Crippen LogP contribution in [0.3, 0.4) is 0 Å². The van der Waals surface area contributed by atoms with Crippen molar-refractivity contribution in [2.24, 2.45) is 17.8 Å². The van der Waals surface area contributed by atoms with E-state index < -0.39 is 5.97 Å². The van der Waals surface area contributed by atoms with Gasteiger partial charge in [-0.1, -0.05) is 0 Å². The second-order valence-electron chi connectivity index (χ2n) is 5.60. The molecule has 0 aromatic carbocycles. The summed E-state index contributed by atoms with van der Waals surface area (Å²) in [5.41, 5.74) is 0.998. The van der Waals surface area contributed by atoms with Crippen LogP contribution in [0.25, 0.3) is 0 Å². The molecule has 2 bridgehead atoms. The van der Waals surface area contributed by atoms with E-state index in [4.69, 9.17) is 0 Å². The molecule has 1 amide bonds. The Labute approximate surface area is 115 Å². The van der Waals surface area contributed by atoms with Gasteiger partial charge in [-0.3, -0.25) is 9.59 Å². The number of rotatable bonds is 4. The molecule has 1 aromatic rings. The van der Waals surface area contributed by atoms with E-state index in [-0.39, 0.29) is 23.8 Å². The number of carboxylic acids is 1. The minimum Gasteiger partial charge on any atom is -0.481 e. The summed E-state index contributed by atoms with van der Waals surface area (Å²) in [7, 11) is 0. The number of carboxylic acid groups (broad SMARTS) is 1. The second-order valence-corrected chi connectivity index (χ2v) is 6.38. The molecule has 4 nitrogen and oxygen atoms in total. The molecule has 2 N–H and O–H groups in total. The first kappa shape index (κ1) is 12.7. The quantitative estimate of drug-likeness (QED) is 0.884. The number of nitrogens with one attached hydrogen (secondary N) is 1. The zero-order valence-corrected chi connectivity index (χ0v) is 11.4. The van der Waals surface area contributed by atoms with E-state index in [9.17, 15) is 14.7 Å². The number of carbonyl (C=O) groups is 2. The van der Waals surface area contributed by atoms with Crippen LogP contribution in [-0.2, 0) is 16.0 Å². The van der Waals surface area contributed by atoms with Crippen LogP contribution < -0.4 is 5.32 Å². The van der Waals surface area contributed by atoms with Gasteiger partial charge in [0.25, 0.3) is 0 Å². The number of hydrogen-bond donors (Lipinski definition) is 2. The van der Waals surface area contributed by atoms with E-state index in [1.807, 2.05) is 16.8 Å². The van der Waals surface area contributed by atoms with Gasteiger partial charge >= 0.3 is 5.97 Å². The van der Waals surface area contributed by atoms with Crippen LogP contribution in [0, 0.1) is 17.8 Å². The molecular weight excluding hydrogens is 262 g/mol. The molecule has 2 aliphatic carbocycles. The first-order valence-corrected chi connectivity index (χ1v) is 7.62. The van der Waals surface area contributed by atoms with Crippen molar-refractivity contribution in [2.75, 3.05) is 0 Å². The van der Waals surface area contributed by atoms with E-state index in [2.05, 4.69) is 5.32 Å². The number of thiophene rings is 1. The normalized spacial score (nSPS) is 32.4. The Kier molecular flexibility index (Phi) is 3.31. The predicted molar refractivity (Wildman–Crippen MR) is 71.9 cm³/mol. The van der Waals surface area contributed by atoms with E-state index in [1.54, 1.807) is 11.3 Å². The van der Waals surface area contributed by atoms with Gasteiger partial charge in [0, 0.05) is 6.04 Å². The molecule has 4 atom stereocenters. The Balaban J connectivity index is 1.65. The lowest BCUT2D eigenvalue weighted by atomic mass is 9.84. The third kappa shape index (κ3) is 2.39. The Morgan fingerprint density at radius 1 is 1.37 bits per heavy atom. The fourth-order valence-electron chi connectivity index (χ4n) is 3.67. The molecule has 0 saturated heterocycles. The van der Waals surface area contributed by atoms with E-state index in [1.165, 1.54) is 0 Å². The molecule has 3 rings (SSSR count). The van der Waals surface area contributed by atoms with Crippen LogP contribution >= 0.6 is 11.3 Å². The summed E-state index contributed by atoms with van der Waals surface area (Å²) in [5.74, 6) is -0.577. The minimum absolute atomic E-state index is 0.0535. The summed E-state index contributed by atoms with van der Waals surface area (Å²) >= 11 is 1.57. The number of carbonyl (C=O) groups excluding carboxylic acids is 1. The van der Waals surface area contributed by atoms with Gasteiger partial charge in [0.15, 0.2) is 0 Å². The highest BCUT2D eigenvalue weighted by Gasteiger charge is 2.51. The summed E-state index contributed by atoms with van der Waals surface area (Å²) in [5, 5.41) is 16.2. The number of aliphatic carboxylic acids is 1. The Morgan fingerprint density at radius 2 is 2.16 bits per heavy atom. The predicted octanol–water partition coefficient (Wildman–Crippen LogP) is 1.91. The summed E-state index contributed by atoms with van der Waals surface area (Å²) in [6.07, 6.45) is 3.36. The van der Waals surface area contributed by atoms with Crippen LogP contribution in [0.2, 0.25) is 0 Å². The lowest BCUT2D eigenvalue weighted by Gasteiger charge is -2.28. The Hall–Kier alpha value is -1.36. The molecule has 4 unspecified atom stereocenters. The number of amides is 1. The van der Waals surface area contributed by atoms with Crippen LogP contribution in [0.15, 0.2) is 16.8 Å². The fraction of sp³-hybridized carbons (Fsp3) is 0.571. The van der Waals surface area contributed by atoms with Gasteiger partial charge < -0.3 is 10.4 Å². The maximum Gasteiger partial charge on any atom is 0.308 e. The van der Waals surface area contributed by atoms with Crippen molar-refractivity contribution in [3.05, 3.63) is 22.4 Å². The van der Waals surface area contributed by atoms with Crippen LogP contribution in [0.5, 0.6) is 0 Å². The molecule has 0 radical (unpaired) electrons. The van der Waals surface area contributed by atoms with Gasteiger partial charge in [-0.25, -0.2) is 0 Å². The number of hydrogen-bond acceptors (Lipinski definition) is 3. The lowest BCUT2D eigenvalue weighted by Crippen LogP contribution is -2.47. The second kappa shape index (κ2) is 4.96. The topological polar surface area (TPSA) is 66.4 Å². The molecule has 1 aromatic heterocycles. The lowest BCUT2D eigenvalue weighted by molar-refractivity contribution is -0.144. The highest BCUT2D eigenvalue weighted by molar-refractivity contribution is 7.07. The van der Waals surface area contributed by atoms with Crippen LogP contribution in [-0.4, -0.2) is 23.0 Å². The largest absolute Gasteiger partial charge is 0.481 e. The van der Waals surface area contributed by atoms with Crippen LogP contribution in [0.4, 0.5) is 0 Å². The molecule has 2 saturated carbocycles. The first-order chi connectivity index (χ1) is 9.15. The SMILES string of the molecule is O=C(Cc1ccsc1)NC1C2CCC(C2)C1C(=O)O. The molecule has 1 heterocycles. The summed E-state index contributed by atoms with van der Waals surface area (Å²) in [6.45, 7) is 0. The van der Waals surface area contributed by atoms with Crippen molar-refractivity contribution in [3.8, 4) is 0 Å². The highest BCUT2D eigenvalue weighted by Crippen LogP contribution is 2.48. The van der Waals surface area contributed by atoms with Gasteiger partial charge in [0.2, 0.25) is 5.91 Å². The third-order valence-corrected chi connectivity index (χ3v) is 5.21. The Bertz CT molecular complexity index is 485. The smallest absolute Gasteiger partial charge is 0.308 e. The van der Waals surface area contributed by atoms with Crippen molar-refractivity contribution >= 4 is 23.2 Å². The van der Waals surface area contributed by atoms with E-state index in [0.717, 1.165) is 24.8 Å². The molecule has 0 aliphatic heterocycles. The first-order valence-electron chi connectivity index (χ1n) is 6.68. The van der Waals surface area contributed by atoms with E-state index in [0.29, 0.717) is 12.3 Å². The zero-order chi connectivity index (χ0) is 13.4. The molecule has 0 spiro atoms. The molecule has 2 aliphatic rings. The summed E-state index contributed by atoms with van der Waals surface area (Å²) < 4.78 is 0. The maximum absolute atomic E-state index is 12.0. The summed E-state index contributed by atoms with van der Waals surface area (Å²) in [4.78, 5) is 23.4. The van der Waals surface area contributed by atoms with Crippen molar-refractivity contribution in [3.63, 3.8) is 0 Å². The molecule has 102 valence electrons. The van der Waals surface area contributed by atoms with Gasteiger partial charge in [-0.2, -0.15) is 11.3 Å². The van der Waals surface area contributed by atoms with Gasteiger partial charge in [0.1, 0.15) is 0 Å². The average molecular weight is 279 g/mol. The van der Waals surface area contributed by atoms with Crippen molar-refractivity contribution in [2.45, 2.75) is 31.7 Å². The van der Waals surface area contributed by atoms with Crippen LogP contribution in [0.1, 0.15) is 24.8 Å². The molecular formula is C14H17NO3S. The average Bonchev–Trinajstić information content (AvgIpc) is 3.03. The van der Waals surface area contributed by atoms with Gasteiger partial charge in [-0.15, -0.1) is 0 Å². The zero-order valence-electron chi connectivity index (χ0n) is 10.5. The minimum atomic E-state index is -0.756. The number of fused-ring (bicyclic) bond motifs is 2. The Morgan fingerprint density at radius 3 is 2.84 bits per heavy atom. The highest BCUT2D eigenvalue weighted by atomic mass is 32.1. The maximum atomic E-state index is 12.0. The molecule has 2 fully saturated rings. The van der Waals surface area contributed by atoms with Crippen molar-refractivity contribution in [1.29, 1.82) is 0 Å². The van der Waals surface area contributed by atoms with Gasteiger partial charge in [0.05, 0.1) is 12.3 Å². The monoisotopic (exact) mass is 279 g/mol.